The molecule has 1 aromatic carbocycles. The van der Waals surface area contributed by atoms with Gasteiger partial charge in [-0.3, -0.25) is 4.79 Å². The van der Waals surface area contributed by atoms with Gasteiger partial charge < -0.3 is 15.5 Å². The van der Waals surface area contributed by atoms with Gasteiger partial charge in [0.25, 0.3) is 5.91 Å². The lowest BCUT2D eigenvalue weighted by molar-refractivity contribution is 0.0737. The van der Waals surface area contributed by atoms with E-state index in [1.807, 2.05) is 36.2 Å². The zero-order chi connectivity index (χ0) is 17.3. The molecular formula is C18H21ClN4O. The van der Waals surface area contributed by atoms with E-state index in [0.717, 1.165) is 30.6 Å². The number of benzene rings is 1. The number of rotatable bonds is 3. The summed E-state index contributed by atoms with van der Waals surface area (Å²) >= 11 is 6.05. The van der Waals surface area contributed by atoms with Crippen LogP contribution in [0.15, 0.2) is 36.5 Å². The van der Waals surface area contributed by atoms with Crippen LogP contribution in [0.1, 0.15) is 16.8 Å². The Morgan fingerprint density at radius 2 is 2.17 bits per heavy atom. The molecule has 2 heterocycles. The number of aromatic nitrogens is 1. The molecule has 3 rings (SSSR count). The first-order valence-electron chi connectivity index (χ1n) is 7.93. The number of anilines is 1. The zero-order valence-electron chi connectivity index (χ0n) is 13.9. The minimum Gasteiger partial charge on any atom is -0.382 e. The topological polar surface area (TPSA) is 62.5 Å². The highest BCUT2D eigenvalue weighted by Crippen LogP contribution is 2.26. The lowest BCUT2D eigenvalue weighted by Gasteiger charge is -2.24. The van der Waals surface area contributed by atoms with Gasteiger partial charge >= 0.3 is 0 Å². The molecule has 0 spiro atoms. The van der Waals surface area contributed by atoms with Crippen molar-refractivity contribution in [3.63, 3.8) is 0 Å². The minimum absolute atomic E-state index is 0.0339. The Morgan fingerprint density at radius 1 is 1.38 bits per heavy atom. The average molecular weight is 345 g/mol. The Bertz CT molecular complexity index is 764. The van der Waals surface area contributed by atoms with Gasteiger partial charge in [0.05, 0.1) is 5.02 Å². The molecule has 5 nitrogen and oxygen atoms in total. The van der Waals surface area contributed by atoms with Crippen LogP contribution >= 0.6 is 11.6 Å². The summed E-state index contributed by atoms with van der Waals surface area (Å²) in [5.41, 5.74) is 8.06. The first kappa shape index (κ1) is 16.7. The highest BCUT2D eigenvalue weighted by Gasteiger charge is 2.27. The normalized spacial score (nSPS) is 17.9. The highest BCUT2D eigenvalue weighted by atomic mass is 35.5. The number of nitrogens with zero attached hydrogens (tertiary/aromatic N) is 3. The maximum absolute atomic E-state index is 12.8. The summed E-state index contributed by atoms with van der Waals surface area (Å²) in [5.74, 6) is 0.337. The number of pyridine rings is 1. The number of halogens is 1. The smallest absolute Gasteiger partial charge is 0.253 e. The van der Waals surface area contributed by atoms with Crippen LogP contribution in [-0.2, 0) is 0 Å². The third-order valence-corrected chi connectivity index (χ3v) is 4.85. The zero-order valence-corrected chi connectivity index (χ0v) is 14.6. The summed E-state index contributed by atoms with van der Waals surface area (Å²) in [5, 5.41) is 0.412. The van der Waals surface area contributed by atoms with Crippen molar-refractivity contribution in [1.82, 2.24) is 14.8 Å². The molecule has 6 heteroatoms. The first-order valence-corrected chi connectivity index (χ1v) is 8.30. The number of amides is 1. The molecule has 1 aliphatic rings. The van der Waals surface area contributed by atoms with E-state index in [2.05, 4.69) is 16.9 Å². The van der Waals surface area contributed by atoms with E-state index in [-0.39, 0.29) is 11.9 Å². The van der Waals surface area contributed by atoms with Gasteiger partial charge in [-0.1, -0.05) is 23.7 Å². The molecule has 126 valence electrons. The molecule has 1 aliphatic heterocycles. The fraction of sp³-hybridized carbons (Fsp3) is 0.333. The molecule has 0 aliphatic carbocycles. The second-order valence-electron chi connectivity index (χ2n) is 6.29. The maximum atomic E-state index is 12.8. The third-order valence-electron chi connectivity index (χ3n) is 4.55. The molecule has 1 aromatic heterocycles. The summed E-state index contributed by atoms with van der Waals surface area (Å²) in [6.45, 7) is 1.94. The van der Waals surface area contributed by atoms with Gasteiger partial charge in [-0.05, 0) is 43.8 Å². The minimum atomic E-state index is 0.0339. The Balaban J connectivity index is 1.84. The van der Waals surface area contributed by atoms with Crippen molar-refractivity contribution in [3.8, 4) is 11.1 Å². The van der Waals surface area contributed by atoms with E-state index in [9.17, 15) is 4.79 Å². The van der Waals surface area contributed by atoms with E-state index >= 15 is 0 Å². The van der Waals surface area contributed by atoms with Gasteiger partial charge in [0.15, 0.2) is 0 Å². The van der Waals surface area contributed by atoms with Crippen molar-refractivity contribution in [3.05, 3.63) is 47.1 Å². The van der Waals surface area contributed by atoms with Crippen molar-refractivity contribution < 1.29 is 4.79 Å². The fourth-order valence-electron chi connectivity index (χ4n) is 3.04. The first-order chi connectivity index (χ1) is 11.5. The maximum Gasteiger partial charge on any atom is 0.253 e. The standard InChI is InChI=1S/C18H21ClN4O/c1-22-7-6-15(11-22)23(2)18(24)13-5-3-4-12(8-13)14-9-16(19)17(20)21-10-14/h3-5,8-10,15H,6-7,11H2,1-2H3,(H2,20,21)/t15-/m1/s1. The number of nitrogens with two attached hydrogens (primary N) is 1. The lowest BCUT2D eigenvalue weighted by Crippen LogP contribution is -2.38. The van der Waals surface area contributed by atoms with Crippen molar-refractivity contribution in [2.24, 2.45) is 0 Å². The van der Waals surface area contributed by atoms with Crippen molar-refractivity contribution >= 4 is 23.3 Å². The van der Waals surface area contributed by atoms with Crippen LogP contribution in [0.5, 0.6) is 0 Å². The Morgan fingerprint density at radius 3 is 2.83 bits per heavy atom. The number of hydrogen-bond donors (Lipinski definition) is 1. The molecule has 1 saturated heterocycles. The summed E-state index contributed by atoms with van der Waals surface area (Å²) in [6, 6.07) is 9.56. The van der Waals surface area contributed by atoms with Crippen LogP contribution < -0.4 is 5.73 Å². The van der Waals surface area contributed by atoms with Crippen LogP contribution in [0.2, 0.25) is 5.02 Å². The second kappa shape index (κ2) is 6.79. The van der Waals surface area contributed by atoms with Crippen molar-refractivity contribution in [1.29, 1.82) is 0 Å². The molecule has 0 bridgehead atoms. The number of carbonyl (C=O) groups excluding carboxylic acids is 1. The quantitative estimate of drug-likeness (QED) is 0.930. The number of carbonyl (C=O) groups is 1. The van der Waals surface area contributed by atoms with Crippen molar-refractivity contribution in [2.45, 2.75) is 12.5 Å². The summed E-state index contributed by atoms with van der Waals surface area (Å²) < 4.78 is 0. The van der Waals surface area contributed by atoms with Gasteiger partial charge in [-0.15, -0.1) is 0 Å². The predicted octanol–water partition coefficient (Wildman–Crippen LogP) is 2.76. The average Bonchev–Trinajstić information content (AvgIpc) is 3.02. The number of likely N-dealkylation sites (tertiary alicyclic amines) is 1. The van der Waals surface area contributed by atoms with Gasteiger partial charge in [0.1, 0.15) is 5.82 Å². The Hall–Kier alpha value is -2.11. The van der Waals surface area contributed by atoms with Crippen LogP contribution in [0.4, 0.5) is 5.82 Å². The van der Waals surface area contributed by atoms with Gasteiger partial charge in [0, 0.05) is 37.0 Å². The molecule has 0 saturated carbocycles. The van der Waals surface area contributed by atoms with E-state index in [1.165, 1.54) is 0 Å². The van der Waals surface area contributed by atoms with Crippen LogP contribution in [0.3, 0.4) is 0 Å². The largest absolute Gasteiger partial charge is 0.382 e. The highest BCUT2D eigenvalue weighted by molar-refractivity contribution is 6.33. The summed E-state index contributed by atoms with van der Waals surface area (Å²) in [7, 11) is 3.96. The predicted molar refractivity (Wildman–Crippen MR) is 97.1 cm³/mol. The van der Waals surface area contributed by atoms with Crippen LogP contribution in [-0.4, -0.2) is 53.9 Å². The summed E-state index contributed by atoms with van der Waals surface area (Å²) in [6.07, 6.45) is 2.68. The lowest BCUT2D eigenvalue weighted by atomic mass is 10.0. The molecule has 0 unspecified atom stereocenters. The molecule has 0 radical (unpaired) electrons. The molecule has 24 heavy (non-hydrogen) atoms. The number of nitrogen functional groups attached to an aromatic ring is 1. The van der Waals surface area contributed by atoms with Crippen LogP contribution in [0, 0.1) is 0 Å². The molecule has 2 N–H and O–H groups in total. The number of likely N-dealkylation sites (N-methyl/N-ethyl adjacent to an activating group) is 2. The van der Waals surface area contributed by atoms with E-state index in [0.29, 0.717) is 16.4 Å². The molecular weight excluding hydrogens is 324 g/mol. The third kappa shape index (κ3) is 3.37. The second-order valence-corrected chi connectivity index (χ2v) is 6.70. The molecule has 1 atom stereocenters. The van der Waals surface area contributed by atoms with E-state index < -0.39 is 0 Å². The fourth-order valence-corrected chi connectivity index (χ4v) is 3.20. The van der Waals surface area contributed by atoms with E-state index in [1.54, 1.807) is 12.3 Å². The van der Waals surface area contributed by atoms with Gasteiger partial charge in [-0.25, -0.2) is 4.98 Å². The molecule has 1 amide bonds. The molecule has 2 aromatic rings. The van der Waals surface area contributed by atoms with Crippen molar-refractivity contribution in [2.75, 3.05) is 32.9 Å². The monoisotopic (exact) mass is 344 g/mol. The van der Waals surface area contributed by atoms with Gasteiger partial charge in [-0.2, -0.15) is 0 Å². The Labute approximate surface area is 147 Å². The number of hydrogen-bond acceptors (Lipinski definition) is 4. The Kier molecular flexibility index (Phi) is 4.73. The summed E-state index contributed by atoms with van der Waals surface area (Å²) in [4.78, 5) is 21.0. The SMILES string of the molecule is CN1CC[C@@H](N(C)C(=O)c2cccc(-c3cnc(N)c(Cl)c3)c2)C1. The van der Waals surface area contributed by atoms with Gasteiger partial charge in [0.2, 0.25) is 0 Å². The molecule has 1 fully saturated rings. The van der Waals surface area contributed by atoms with E-state index in [4.69, 9.17) is 17.3 Å². The van der Waals surface area contributed by atoms with Crippen LogP contribution in [0.25, 0.3) is 11.1 Å².